The Morgan fingerprint density at radius 1 is 1.33 bits per heavy atom. The van der Waals surface area contributed by atoms with Crippen LogP contribution >= 0.6 is 0 Å². The van der Waals surface area contributed by atoms with Crippen molar-refractivity contribution in [1.29, 1.82) is 0 Å². The molecule has 0 amide bonds. The lowest BCUT2D eigenvalue weighted by Crippen LogP contribution is -2.31. The van der Waals surface area contributed by atoms with E-state index in [-0.39, 0.29) is 5.84 Å². The number of rotatable bonds is 9. The smallest absolute Gasteiger partial charge is 0.170 e. The van der Waals surface area contributed by atoms with Gasteiger partial charge in [0.1, 0.15) is 12.4 Å². The molecule has 1 aliphatic carbocycles. The van der Waals surface area contributed by atoms with Gasteiger partial charge in [0, 0.05) is 18.7 Å². The van der Waals surface area contributed by atoms with Crippen molar-refractivity contribution in [3.8, 4) is 5.75 Å². The summed E-state index contributed by atoms with van der Waals surface area (Å²) in [6.07, 6.45) is 3.95. The highest BCUT2D eigenvalue weighted by Crippen LogP contribution is 2.29. The van der Waals surface area contributed by atoms with Gasteiger partial charge in [0.2, 0.25) is 0 Å². The topological polar surface area (TPSA) is 71.1 Å². The lowest BCUT2D eigenvalue weighted by Gasteiger charge is -2.21. The van der Waals surface area contributed by atoms with Crippen molar-refractivity contribution in [3.05, 3.63) is 29.8 Å². The molecule has 1 aromatic carbocycles. The van der Waals surface area contributed by atoms with Crippen molar-refractivity contribution >= 4 is 5.84 Å². The van der Waals surface area contributed by atoms with Gasteiger partial charge in [-0.05, 0) is 56.0 Å². The molecular formula is C16H25N3O2. The molecule has 0 atom stereocenters. The highest BCUT2D eigenvalue weighted by atomic mass is 16.5. The number of nitrogens with zero attached hydrogens (tertiary/aromatic N) is 2. The van der Waals surface area contributed by atoms with E-state index >= 15 is 0 Å². The third-order valence-electron chi connectivity index (χ3n) is 3.69. The molecule has 0 spiro atoms. The molecule has 5 nitrogen and oxygen atoms in total. The molecule has 0 radical (unpaired) electrons. The van der Waals surface area contributed by atoms with Crippen LogP contribution in [0.4, 0.5) is 0 Å². The summed E-state index contributed by atoms with van der Waals surface area (Å²) in [5.74, 6) is 1.84. The average molecular weight is 291 g/mol. The normalized spacial score (nSPS) is 15.4. The molecule has 1 fully saturated rings. The molecule has 1 aliphatic rings. The molecule has 0 unspecified atom stereocenters. The van der Waals surface area contributed by atoms with E-state index in [1.54, 1.807) is 12.1 Å². The number of ether oxygens (including phenoxy) is 1. The Morgan fingerprint density at radius 2 is 2.05 bits per heavy atom. The van der Waals surface area contributed by atoms with Crippen molar-refractivity contribution < 1.29 is 9.94 Å². The number of amidine groups is 1. The molecule has 2 rings (SSSR count). The minimum atomic E-state index is 0.111. The van der Waals surface area contributed by atoms with E-state index in [1.807, 2.05) is 12.1 Å². The molecule has 0 aromatic heterocycles. The van der Waals surface area contributed by atoms with Crippen LogP contribution in [-0.4, -0.2) is 42.2 Å². The van der Waals surface area contributed by atoms with Gasteiger partial charge in [-0.3, -0.25) is 4.90 Å². The van der Waals surface area contributed by atoms with Gasteiger partial charge in [0.15, 0.2) is 5.84 Å². The van der Waals surface area contributed by atoms with Crippen LogP contribution < -0.4 is 10.5 Å². The molecule has 0 bridgehead atoms. The van der Waals surface area contributed by atoms with Crippen LogP contribution in [0.1, 0.15) is 31.7 Å². The van der Waals surface area contributed by atoms with Crippen molar-refractivity contribution in [2.75, 3.05) is 26.2 Å². The van der Waals surface area contributed by atoms with Crippen molar-refractivity contribution in [2.45, 2.75) is 26.2 Å². The van der Waals surface area contributed by atoms with Gasteiger partial charge < -0.3 is 15.7 Å². The van der Waals surface area contributed by atoms with E-state index in [0.29, 0.717) is 12.2 Å². The van der Waals surface area contributed by atoms with Crippen molar-refractivity contribution in [1.82, 2.24) is 4.90 Å². The molecule has 1 saturated carbocycles. The number of oxime groups is 1. The summed E-state index contributed by atoms with van der Waals surface area (Å²) < 4.78 is 5.77. The van der Waals surface area contributed by atoms with E-state index in [0.717, 1.165) is 24.8 Å². The molecule has 0 saturated heterocycles. The van der Waals surface area contributed by atoms with Crippen LogP contribution in [0.15, 0.2) is 29.4 Å². The third-order valence-corrected chi connectivity index (χ3v) is 3.69. The number of nitrogens with two attached hydrogens (primary N) is 1. The third kappa shape index (κ3) is 5.27. The number of hydrogen-bond acceptors (Lipinski definition) is 4. The Bertz CT molecular complexity index is 455. The Hall–Kier alpha value is -1.75. The quantitative estimate of drug-likeness (QED) is 0.317. The molecule has 1 aromatic rings. The standard InChI is InChI=1S/C16H25N3O2/c1-2-9-19(12-13-3-4-13)10-11-21-15-7-5-14(6-8-15)16(17)18-20/h5-8,13,20H,2-4,9-12H2,1H3,(H2,17,18). The molecular weight excluding hydrogens is 266 g/mol. The van der Waals surface area contributed by atoms with Crippen molar-refractivity contribution in [2.24, 2.45) is 16.8 Å². The molecule has 5 heteroatoms. The van der Waals surface area contributed by atoms with Crippen LogP contribution in [0.3, 0.4) is 0 Å². The number of hydrogen-bond donors (Lipinski definition) is 2. The van der Waals surface area contributed by atoms with E-state index < -0.39 is 0 Å². The van der Waals surface area contributed by atoms with Gasteiger partial charge in [-0.15, -0.1) is 0 Å². The second-order valence-electron chi connectivity index (χ2n) is 5.60. The summed E-state index contributed by atoms with van der Waals surface area (Å²) in [4.78, 5) is 2.49. The summed E-state index contributed by atoms with van der Waals surface area (Å²) in [5, 5.41) is 11.6. The summed E-state index contributed by atoms with van der Waals surface area (Å²) >= 11 is 0. The maximum absolute atomic E-state index is 8.61. The number of benzene rings is 1. The molecule has 0 aliphatic heterocycles. The van der Waals surface area contributed by atoms with Crippen LogP contribution in [0.5, 0.6) is 5.75 Å². The minimum absolute atomic E-state index is 0.111. The van der Waals surface area contributed by atoms with E-state index in [4.69, 9.17) is 15.7 Å². The van der Waals surface area contributed by atoms with Crippen LogP contribution in [0.2, 0.25) is 0 Å². The summed E-state index contributed by atoms with van der Waals surface area (Å²) in [6, 6.07) is 7.27. The average Bonchev–Trinajstić information content (AvgIpc) is 3.31. The second-order valence-corrected chi connectivity index (χ2v) is 5.60. The van der Waals surface area contributed by atoms with Gasteiger partial charge in [-0.1, -0.05) is 12.1 Å². The fourth-order valence-corrected chi connectivity index (χ4v) is 2.35. The minimum Gasteiger partial charge on any atom is -0.492 e. The molecule has 21 heavy (non-hydrogen) atoms. The van der Waals surface area contributed by atoms with Gasteiger partial charge in [-0.25, -0.2) is 0 Å². The largest absolute Gasteiger partial charge is 0.492 e. The molecule has 0 heterocycles. The zero-order valence-electron chi connectivity index (χ0n) is 12.7. The Kier molecular flexibility index (Phi) is 5.87. The highest BCUT2D eigenvalue weighted by Gasteiger charge is 2.23. The maximum Gasteiger partial charge on any atom is 0.170 e. The zero-order chi connectivity index (χ0) is 15.1. The van der Waals surface area contributed by atoms with E-state index in [2.05, 4.69) is 17.0 Å². The first-order valence-electron chi connectivity index (χ1n) is 7.66. The fourth-order valence-electron chi connectivity index (χ4n) is 2.35. The van der Waals surface area contributed by atoms with Gasteiger partial charge >= 0.3 is 0 Å². The fraction of sp³-hybridized carbons (Fsp3) is 0.562. The summed E-state index contributed by atoms with van der Waals surface area (Å²) in [7, 11) is 0. The first-order chi connectivity index (χ1) is 10.2. The lowest BCUT2D eigenvalue weighted by molar-refractivity contribution is 0.203. The highest BCUT2D eigenvalue weighted by molar-refractivity contribution is 5.97. The predicted octanol–water partition coefficient (Wildman–Crippen LogP) is 2.28. The van der Waals surface area contributed by atoms with Gasteiger partial charge in [0.05, 0.1) is 0 Å². The van der Waals surface area contributed by atoms with Crippen molar-refractivity contribution in [3.63, 3.8) is 0 Å². The summed E-state index contributed by atoms with van der Waals surface area (Å²) in [5.41, 5.74) is 6.21. The first-order valence-corrected chi connectivity index (χ1v) is 7.66. The molecule has 3 N–H and O–H groups in total. The van der Waals surface area contributed by atoms with Crippen LogP contribution in [0, 0.1) is 5.92 Å². The zero-order valence-corrected chi connectivity index (χ0v) is 12.7. The Balaban J connectivity index is 1.76. The van der Waals surface area contributed by atoms with Gasteiger partial charge in [0.25, 0.3) is 0 Å². The Morgan fingerprint density at radius 3 is 2.62 bits per heavy atom. The van der Waals surface area contributed by atoms with E-state index in [1.165, 1.54) is 25.8 Å². The predicted molar refractivity (Wildman–Crippen MR) is 83.9 cm³/mol. The lowest BCUT2D eigenvalue weighted by atomic mass is 10.2. The van der Waals surface area contributed by atoms with Gasteiger partial charge in [-0.2, -0.15) is 0 Å². The SMILES string of the molecule is CCCN(CCOc1ccc(C(N)=NO)cc1)CC1CC1. The molecule has 116 valence electrons. The maximum atomic E-state index is 8.61. The van der Waals surface area contributed by atoms with Crippen LogP contribution in [0.25, 0.3) is 0 Å². The summed E-state index contributed by atoms with van der Waals surface area (Å²) in [6.45, 7) is 6.22. The monoisotopic (exact) mass is 291 g/mol. The second kappa shape index (κ2) is 7.88. The first kappa shape index (κ1) is 15.6. The van der Waals surface area contributed by atoms with Crippen LogP contribution in [-0.2, 0) is 0 Å². The Labute approximate surface area is 126 Å². The van der Waals surface area contributed by atoms with E-state index in [9.17, 15) is 0 Å².